The van der Waals surface area contributed by atoms with E-state index < -0.39 is 0 Å². The van der Waals surface area contributed by atoms with Crippen LogP contribution in [0.2, 0.25) is 0 Å². The minimum Gasteiger partial charge on any atom is -0.378 e. The number of hydrogen-bond donors (Lipinski definition) is 1. The van der Waals surface area contributed by atoms with Crippen LogP contribution in [0.3, 0.4) is 0 Å². The minimum atomic E-state index is -0.137. The van der Waals surface area contributed by atoms with Gasteiger partial charge in [-0.1, -0.05) is 37.3 Å². The molecule has 2 aromatic rings. The number of amides is 1. The molecule has 6 heteroatoms. The van der Waals surface area contributed by atoms with Gasteiger partial charge in [0.1, 0.15) is 0 Å². The van der Waals surface area contributed by atoms with Gasteiger partial charge < -0.3 is 15.0 Å². The summed E-state index contributed by atoms with van der Waals surface area (Å²) in [5.41, 5.74) is 1.85. The van der Waals surface area contributed by atoms with E-state index in [4.69, 9.17) is 4.74 Å². The molecule has 0 bridgehead atoms. The van der Waals surface area contributed by atoms with Crippen molar-refractivity contribution in [2.24, 2.45) is 0 Å². The van der Waals surface area contributed by atoms with Crippen LogP contribution in [0.1, 0.15) is 30.5 Å². The van der Waals surface area contributed by atoms with Gasteiger partial charge in [0.2, 0.25) is 11.9 Å². The minimum absolute atomic E-state index is 0.0280. The van der Waals surface area contributed by atoms with Crippen molar-refractivity contribution in [3.05, 3.63) is 53.9 Å². The summed E-state index contributed by atoms with van der Waals surface area (Å²) in [6.45, 7) is 5.41. The number of benzene rings is 1. The number of carbonyl (C=O) groups excluding carboxylic acids is 1. The maximum Gasteiger partial charge on any atom is 0.227 e. The third-order valence-corrected chi connectivity index (χ3v) is 4.36. The summed E-state index contributed by atoms with van der Waals surface area (Å²) in [6, 6.07) is 11.7. The van der Waals surface area contributed by atoms with Gasteiger partial charge in [-0.15, -0.1) is 0 Å². The third-order valence-electron chi connectivity index (χ3n) is 4.36. The smallest absolute Gasteiger partial charge is 0.227 e. The zero-order valence-corrected chi connectivity index (χ0v) is 14.5. The number of aromatic nitrogens is 2. The Morgan fingerprint density at radius 2 is 2.00 bits per heavy atom. The van der Waals surface area contributed by atoms with Crippen LogP contribution >= 0.6 is 0 Å². The second-order valence-electron chi connectivity index (χ2n) is 6.04. The van der Waals surface area contributed by atoms with Crippen molar-refractivity contribution in [3.63, 3.8) is 0 Å². The third kappa shape index (κ3) is 4.54. The van der Waals surface area contributed by atoms with Crippen LogP contribution in [0.5, 0.6) is 0 Å². The molecule has 1 amide bonds. The van der Waals surface area contributed by atoms with Crippen LogP contribution in [0.25, 0.3) is 0 Å². The molecule has 0 radical (unpaired) electrons. The predicted octanol–water partition coefficient (Wildman–Crippen LogP) is 2.12. The van der Waals surface area contributed by atoms with Gasteiger partial charge in [0.25, 0.3) is 0 Å². The van der Waals surface area contributed by atoms with Gasteiger partial charge in [0.05, 0.1) is 31.4 Å². The van der Waals surface area contributed by atoms with Crippen molar-refractivity contribution < 1.29 is 9.53 Å². The fourth-order valence-corrected chi connectivity index (χ4v) is 2.96. The lowest BCUT2D eigenvalue weighted by Gasteiger charge is -2.26. The monoisotopic (exact) mass is 340 g/mol. The first-order valence-corrected chi connectivity index (χ1v) is 8.75. The molecule has 1 aliphatic rings. The Kier molecular flexibility index (Phi) is 5.95. The average Bonchev–Trinajstić information content (AvgIpc) is 2.69. The normalized spacial score (nSPS) is 15.6. The van der Waals surface area contributed by atoms with Crippen molar-refractivity contribution in [1.29, 1.82) is 0 Å². The van der Waals surface area contributed by atoms with Gasteiger partial charge in [-0.2, -0.15) is 0 Å². The fraction of sp³-hybridized carbons (Fsp3) is 0.421. The highest BCUT2D eigenvalue weighted by molar-refractivity contribution is 5.83. The van der Waals surface area contributed by atoms with Crippen molar-refractivity contribution in [3.8, 4) is 0 Å². The van der Waals surface area contributed by atoms with Gasteiger partial charge in [-0.25, -0.2) is 9.97 Å². The summed E-state index contributed by atoms with van der Waals surface area (Å²) in [4.78, 5) is 23.6. The largest absolute Gasteiger partial charge is 0.378 e. The Bertz CT molecular complexity index is 687. The van der Waals surface area contributed by atoms with E-state index in [2.05, 4.69) is 20.2 Å². The lowest BCUT2D eigenvalue weighted by atomic mass is 9.96. The Morgan fingerprint density at radius 1 is 1.24 bits per heavy atom. The Labute approximate surface area is 148 Å². The fourth-order valence-electron chi connectivity index (χ4n) is 2.96. The predicted molar refractivity (Wildman–Crippen MR) is 96.4 cm³/mol. The zero-order chi connectivity index (χ0) is 17.5. The van der Waals surface area contributed by atoms with Crippen LogP contribution in [0, 0.1) is 0 Å². The quantitative estimate of drug-likeness (QED) is 0.872. The van der Waals surface area contributed by atoms with E-state index in [-0.39, 0.29) is 11.8 Å². The Hall–Kier alpha value is -2.47. The molecule has 1 aromatic carbocycles. The summed E-state index contributed by atoms with van der Waals surface area (Å²) < 4.78 is 5.36. The number of anilines is 1. The van der Waals surface area contributed by atoms with E-state index in [9.17, 15) is 4.79 Å². The molecule has 0 saturated carbocycles. The van der Waals surface area contributed by atoms with Crippen molar-refractivity contribution in [2.45, 2.75) is 25.8 Å². The number of ether oxygens (including phenoxy) is 1. The lowest BCUT2D eigenvalue weighted by Crippen LogP contribution is -2.37. The molecule has 3 rings (SSSR count). The summed E-state index contributed by atoms with van der Waals surface area (Å²) in [5.74, 6) is 0.590. The maximum atomic E-state index is 12.6. The molecule has 132 valence electrons. The molecule has 1 atom stereocenters. The van der Waals surface area contributed by atoms with Crippen LogP contribution in [0.15, 0.2) is 42.6 Å². The number of rotatable bonds is 6. The summed E-state index contributed by atoms with van der Waals surface area (Å²) in [7, 11) is 0. The maximum absolute atomic E-state index is 12.6. The number of nitrogens with zero attached hydrogens (tertiary/aromatic N) is 3. The number of morpholine rings is 1. The van der Waals surface area contributed by atoms with E-state index in [1.807, 2.05) is 43.3 Å². The molecular formula is C19H24N4O2. The molecule has 1 N–H and O–H groups in total. The van der Waals surface area contributed by atoms with Gasteiger partial charge >= 0.3 is 0 Å². The number of nitrogens with one attached hydrogen (secondary N) is 1. The van der Waals surface area contributed by atoms with E-state index in [1.165, 1.54) is 0 Å². The van der Waals surface area contributed by atoms with Crippen LogP contribution < -0.4 is 10.2 Å². The molecule has 0 spiro atoms. The first-order chi connectivity index (χ1) is 12.3. The second-order valence-corrected chi connectivity index (χ2v) is 6.04. The molecule has 1 saturated heterocycles. The van der Waals surface area contributed by atoms with Crippen LogP contribution in [-0.4, -0.2) is 42.2 Å². The van der Waals surface area contributed by atoms with Crippen molar-refractivity contribution >= 4 is 11.9 Å². The van der Waals surface area contributed by atoms with Gasteiger partial charge in [0.15, 0.2) is 0 Å². The highest BCUT2D eigenvalue weighted by Crippen LogP contribution is 2.19. The van der Waals surface area contributed by atoms with E-state index in [0.29, 0.717) is 25.7 Å². The van der Waals surface area contributed by atoms with Crippen molar-refractivity contribution in [2.75, 3.05) is 31.2 Å². The molecule has 25 heavy (non-hydrogen) atoms. The molecular weight excluding hydrogens is 316 g/mol. The first kappa shape index (κ1) is 17.4. The summed E-state index contributed by atoms with van der Waals surface area (Å²) in [5, 5.41) is 3.01. The molecule has 6 nitrogen and oxygen atoms in total. The molecule has 1 aliphatic heterocycles. The number of hydrogen-bond acceptors (Lipinski definition) is 5. The molecule has 2 heterocycles. The first-order valence-electron chi connectivity index (χ1n) is 8.75. The van der Waals surface area contributed by atoms with E-state index in [1.54, 1.807) is 6.20 Å². The molecule has 1 unspecified atom stereocenters. The standard InChI is InChI=1S/C19H24N4O2/c1-2-17(15-6-4-3-5-7-15)18(24)21-14-16-8-9-20-19(22-16)23-10-12-25-13-11-23/h3-9,17H,2,10-14H2,1H3,(H,21,24). The van der Waals surface area contributed by atoms with Crippen LogP contribution in [0.4, 0.5) is 5.95 Å². The van der Waals surface area contributed by atoms with E-state index in [0.717, 1.165) is 30.8 Å². The van der Waals surface area contributed by atoms with Gasteiger partial charge in [-0.05, 0) is 18.1 Å². The SMILES string of the molecule is CCC(C(=O)NCc1ccnc(N2CCOCC2)n1)c1ccccc1. The lowest BCUT2D eigenvalue weighted by molar-refractivity contribution is -0.122. The average molecular weight is 340 g/mol. The van der Waals surface area contributed by atoms with E-state index >= 15 is 0 Å². The molecule has 1 fully saturated rings. The van der Waals surface area contributed by atoms with Crippen LogP contribution in [-0.2, 0) is 16.1 Å². The summed E-state index contributed by atoms with van der Waals surface area (Å²) >= 11 is 0. The Balaban J connectivity index is 1.61. The topological polar surface area (TPSA) is 67.4 Å². The summed E-state index contributed by atoms with van der Waals surface area (Å²) in [6.07, 6.45) is 2.51. The molecule has 1 aromatic heterocycles. The molecule has 0 aliphatic carbocycles. The second kappa shape index (κ2) is 8.58. The van der Waals surface area contributed by atoms with Gasteiger partial charge in [-0.3, -0.25) is 4.79 Å². The Morgan fingerprint density at radius 3 is 2.72 bits per heavy atom. The highest BCUT2D eigenvalue weighted by atomic mass is 16.5. The number of carbonyl (C=O) groups is 1. The van der Waals surface area contributed by atoms with Gasteiger partial charge in [0, 0.05) is 19.3 Å². The van der Waals surface area contributed by atoms with Crippen molar-refractivity contribution in [1.82, 2.24) is 15.3 Å². The highest BCUT2D eigenvalue weighted by Gasteiger charge is 2.18. The zero-order valence-electron chi connectivity index (χ0n) is 14.5.